The Bertz CT molecular complexity index is 190. The molecule has 0 aromatic carbocycles. The van der Waals surface area contributed by atoms with Crippen molar-refractivity contribution in [1.29, 1.82) is 0 Å². The molecule has 0 aromatic heterocycles. The molecule has 0 fully saturated rings. The third-order valence-corrected chi connectivity index (χ3v) is 2.35. The lowest BCUT2D eigenvalue weighted by Gasteiger charge is -2.16. The van der Waals surface area contributed by atoms with E-state index in [0.29, 0.717) is 12.8 Å². The first-order valence-corrected chi connectivity index (χ1v) is 4.80. The number of rotatable bonds is 6. The number of hydrogen-bond donors (Lipinski definition) is 2. The molecule has 0 spiro atoms. The van der Waals surface area contributed by atoms with Gasteiger partial charge in [0, 0.05) is 0 Å². The van der Waals surface area contributed by atoms with E-state index in [1.807, 2.05) is 6.92 Å². The fourth-order valence-corrected chi connectivity index (χ4v) is 1.50. The van der Waals surface area contributed by atoms with Crippen molar-refractivity contribution in [3.05, 3.63) is 0 Å². The van der Waals surface area contributed by atoms with Gasteiger partial charge in [-0.2, -0.15) is 0 Å². The standard InChI is InChI=1S/C10H18O4/c1-6(4-7(2)9(11)12)5-8(3)10(13)14/h6-8H,4-5H2,1-3H3,(H,11,12)(H,13,14). The van der Waals surface area contributed by atoms with Gasteiger partial charge in [0.25, 0.3) is 0 Å². The van der Waals surface area contributed by atoms with Crippen LogP contribution in [0.15, 0.2) is 0 Å². The number of carboxylic acids is 2. The van der Waals surface area contributed by atoms with Crippen molar-refractivity contribution in [1.82, 2.24) is 0 Å². The Morgan fingerprint density at radius 2 is 1.21 bits per heavy atom. The molecular weight excluding hydrogens is 184 g/mol. The summed E-state index contributed by atoms with van der Waals surface area (Å²) < 4.78 is 0. The predicted octanol–water partition coefficient (Wildman–Crippen LogP) is 1.84. The normalized spacial score (nSPS) is 17.1. The van der Waals surface area contributed by atoms with Gasteiger partial charge in [-0.25, -0.2) is 0 Å². The van der Waals surface area contributed by atoms with Crippen LogP contribution in [0.1, 0.15) is 33.6 Å². The first-order valence-electron chi connectivity index (χ1n) is 4.80. The quantitative estimate of drug-likeness (QED) is 0.689. The average molecular weight is 202 g/mol. The molecular formula is C10H18O4. The molecule has 0 bridgehead atoms. The van der Waals surface area contributed by atoms with Crippen LogP contribution in [-0.4, -0.2) is 22.2 Å². The zero-order valence-electron chi connectivity index (χ0n) is 8.86. The molecule has 0 aliphatic rings. The molecule has 0 saturated heterocycles. The fraction of sp³-hybridized carbons (Fsp3) is 0.800. The van der Waals surface area contributed by atoms with Gasteiger partial charge in [0.1, 0.15) is 0 Å². The van der Waals surface area contributed by atoms with E-state index in [1.54, 1.807) is 13.8 Å². The van der Waals surface area contributed by atoms with E-state index in [-0.39, 0.29) is 5.92 Å². The van der Waals surface area contributed by atoms with E-state index in [0.717, 1.165) is 0 Å². The SMILES string of the molecule is CC(CC(C)C(=O)O)CC(C)C(=O)O. The molecule has 0 aliphatic carbocycles. The fourth-order valence-electron chi connectivity index (χ4n) is 1.50. The second-order valence-corrected chi connectivity index (χ2v) is 4.06. The third kappa shape index (κ3) is 4.84. The molecule has 82 valence electrons. The van der Waals surface area contributed by atoms with E-state index in [9.17, 15) is 9.59 Å². The van der Waals surface area contributed by atoms with Crippen LogP contribution in [0.3, 0.4) is 0 Å². The van der Waals surface area contributed by atoms with Crippen molar-refractivity contribution in [2.75, 3.05) is 0 Å². The summed E-state index contributed by atoms with van der Waals surface area (Å²) in [6.07, 6.45) is 1.07. The second kappa shape index (κ2) is 5.62. The van der Waals surface area contributed by atoms with Crippen molar-refractivity contribution < 1.29 is 19.8 Å². The van der Waals surface area contributed by atoms with Gasteiger partial charge < -0.3 is 10.2 Å². The minimum atomic E-state index is -0.820. The summed E-state index contributed by atoms with van der Waals surface area (Å²) in [5.41, 5.74) is 0. The van der Waals surface area contributed by atoms with Crippen LogP contribution in [0, 0.1) is 17.8 Å². The van der Waals surface area contributed by atoms with E-state index < -0.39 is 23.8 Å². The van der Waals surface area contributed by atoms with E-state index in [1.165, 1.54) is 0 Å². The molecule has 2 atom stereocenters. The largest absolute Gasteiger partial charge is 0.481 e. The highest BCUT2D eigenvalue weighted by Gasteiger charge is 2.19. The highest BCUT2D eigenvalue weighted by molar-refractivity contribution is 5.70. The van der Waals surface area contributed by atoms with Crippen molar-refractivity contribution in [2.45, 2.75) is 33.6 Å². The lowest BCUT2D eigenvalue weighted by molar-refractivity contribution is -0.141. The van der Waals surface area contributed by atoms with Gasteiger partial charge in [0.15, 0.2) is 0 Å². The molecule has 14 heavy (non-hydrogen) atoms. The molecule has 4 heteroatoms. The topological polar surface area (TPSA) is 74.6 Å². The summed E-state index contributed by atoms with van der Waals surface area (Å²) in [6.45, 7) is 5.17. The van der Waals surface area contributed by atoms with Crippen molar-refractivity contribution in [3.8, 4) is 0 Å². The first kappa shape index (κ1) is 12.9. The van der Waals surface area contributed by atoms with Crippen molar-refractivity contribution in [3.63, 3.8) is 0 Å². The zero-order chi connectivity index (χ0) is 11.3. The Hall–Kier alpha value is -1.06. The van der Waals surface area contributed by atoms with Gasteiger partial charge in [-0.1, -0.05) is 20.8 Å². The highest BCUT2D eigenvalue weighted by atomic mass is 16.4. The van der Waals surface area contributed by atoms with Crippen LogP contribution in [0.25, 0.3) is 0 Å². The van der Waals surface area contributed by atoms with Gasteiger partial charge in [0.2, 0.25) is 0 Å². The Morgan fingerprint density at radius 1 is 0.929 bits per heavy atom. The van der Waals surface area contributed by atoms with Gasteiger partial charge in [0.05, 0.1) is 11.8 Å². The molecule has 0 heterocycles. The van der Waals surface area contributed by atoms with Crippen LogP contribution in [0.2, 0.25) is 0 Å². The second-order valence-electron chi connectivity index (χ2n) is 4.06. The monoisotopic (exact) mass is 202 g/mol. The number of carboxylic acid groups (broad SMARTS) is 2. The Kier molecular flexibility index (Phi) is 5.20. The van der Waals surface area contributed by atoms with Crippen molar-refractivity contribution >= 4 is 11.9 Å². The van der Waals surface area contributed by atoms with Crippen LogP contribution in [-0.2, 0) is 9.59 Å². The Labute approximate surface area is 83.9 Å². The molecule has 0 rings (SSSR count). The zero-order valence-corrected chi connectivity index (χ0v) is 8.86. The minimum absolute atomic E-state index is 0.132. The lowest BCUT2D eigenvalue weighted by Crippen LogP contribution is -2.17. The molecule has 4 nitrogen and oxygen atoms in total. The van der Waals surface area contributed by atoms with Gasteiger partial charge in [-0.3, -0.25) is 9.59 Å². The summed E-state index contributed by atoms with van der Waals surface area (Å²) in [6, 6.07) is 0. The highest BCUT2D eigenvalue weighted by Crippen LogP contribution is 2.19. The number of aliphatic carboxylic acids is 2. The summed E-state index contributed by atoms with van der Waals surface area (Å²) >= 11 is 0. The molecule has 2 N–H and O–H groups in total. The van der Waals surface area contributed by atoms with Crippen LogP contribution in [0.5, 0.6) is 0 Å². The molecule has 2 unspecified atom stereocenters. The average Bonchev–Trinajstić information content (AvgIpc) is 2.03. The van der Waals surface area contributed by atoms with E-state index >= 15 is 0 Å². The summed E-state index contributed by atoms with van der Waals surface area (Å²) in [4.78, 5) is 21.1. The predicted molar refractivity (Wildman–Crippen MR) is 52.0 cm³/mol. The summed E-state index contributed by atoms with van der Waals surface area (Å²) in [5.74, 6) is -2.30. The van der Waals surface area contributed by atoms with Gasteiger partial charge >= 0.3 is 11.9 Å². The van der Waals surface area contributed by atoms with Crippen LogP contribution >= 0.6 is 0 Å². The summed E-state index contributed by atoms with van der Waals surface area (Å²) in [7, 11) is 0. The molecule has 0 amide bonds. The number of carbonyl (C=O) groups is 2. The molecule has 0 saturated carbocycles. The third-order valence-electron chi connectivity index (χ3n) is 2.35. The Balaban J connectivity index is 3.92. The smallest absolute Gasteiger partial charge is 0.306 e. The molecule has 0 radical (unpaired) electrons. The molecule has 0 aromatic rings. The summed E-state index contributed by atoms with van der Waals surface area (Å²) in [5, 5.41) is 17.3. The molecule has 0 aliphatic heterocycles. The van der Waals surface area contributed by atoms with Gasteiger partial charge in [-0.15, -0.1) is 0 Å². The maximum Gasteiger partial charge on any atom is 0.306 e. The van der Waals surface area contributed by atoms with Crippen LogP contribution < -0.4 is 0 Å². The maximum absolute atomic E-state index is 10.5. The van der Waals surface area contributed by atoms with E-state index in [2.05, 4.69) is 0 Å². The van der Waals surface area contributed by atoms with E-state index in [4.69, 9.17) is 10.2 Å². The first-order chi connectivity index (χ1) is 6.34. The maximum atomic E-state index is 10.5. The number of hydrogen-bond acceptors (Lipinski definition) is 2. The minimum Gasteiger partial charge on any atom is -0.481 e. The van der Waals surface area contributed by atoms with Crippen LogP contribution in [0.4, 0.5) is 0 Å². The lowest BCUT2D eigenvalue weighted by atomic mass is 9.90. The Morgan fingerprint density at radius 3 is 1.43 bits per heavy atom. The van der Waals surface area contributed by atoms with Crippen molar-refractivity contribution in [2.24, 2.45) is 17.8 Å². The van der Waals surface area contributed by atoms with Gasteiger partial charge in [-0.05, 0) is 18.8 Å².